The molecule has 0 aromatic heterocycles. The van der Waals surface area contributed by atoms with Gasteiger partial charge in [0.25, 0.3) is 0 Å². The Hall–Kier alpha value is -2.04. The van der Waals surface area contributed by atoms with E-state index in [0.29, 0.717) is 18.9 Å². The molecule has 1 atom stereocenters. The van der Waals surface area contributed by atoms with Gasteiger partial charge in [-0.25, -0.2) is 4.79 Å². The first kappa shape index (κ1) is 21.3. The number of hydrogen-bond donors (Lipinski definition) is 2. The minimum atomic E-state index is -0.580. The average molecular weight is 375 g/mol. The maximum atomic E-state index is 12.7. The van der Waals surface area contributed by atoms with Crippen molar-refractivity contribution in [2.24, 2.45) is 5.92 Å². The largest absolute Gasteiger partial charge is 0.444 e. The van der Waals surface area contributed by atoms with Crippen LogP contribution in [0.5, 0.6) is 0 Å². The molecule has 1 saturated carbocycles. The molecule has 5 heteroatoms. The van der Waals surface area contributed by atoms with E-state index in [0.717, 1.165) is 19.3 Å². The van der Waals surface area contributed by atoms with Gasteiger partial charge >= 0.3 is 6.09 Å². The summed E-state index contributed by atoms with van der Waals surface area (Å²) in [5.41, 5.74) is 0.602. The summed E-state index contributed by atoms with van der Waals surface area (Å²) in [6.07, 6.45) is 6.86. The summed E-state index contributed by atoms with van der Waals surface area (Å²) >= 11 is 0. The summed E-state index contributed by atoms with van der Waals surface area (Å²) < 4.78 is 5.35. The minimum Gasteiger partial charge on any atom is -0.444 e. The van der Waals surface area contributed by atoms with Gasteiger partial charge in [0, 0.05) is 6.54 Å². The molecule has 0 heterocycles. The fourth-order valence-electron chi connectivity index (χ4n) is 3.54. The molecule has 5 nitrogen and oxygen atoms in total. The summed E-state index contributed by atoms with van der Waals surface area (Å²) in [5.74, 6) is 0.362. The van der Waals surface area contributed by atoms with Crippen molar-refractivity contribution < 1.29 is 14.3 Å². The SMILES string of the molecule is CC(C)(C)OC(=O)N[C@H](CC1CCCCC1)C(=O)NCCc1ccccc1. The molecule has 0 spiro atoms. The van der Waals surface area contributed by atoms with Gasteiger partial charge < -0.3 is 15.4 Å². The highest BCUT2D eigenvalue weighted by Gasteiger charge is 2.27. The van der Waals surface area contributed by atoms with Crippen molar-refractivity contribution in [2.75, 3.05) is 6.54 Å². The van der Waals surface area contributed by atoms with E-state index in [4.69, 9.17) is 4.74 Å². The van der Waals surface area contributed by atoms with E-state index in [9.17, 15) is 9.59 Å². The van der Waals surface area contributed by atoms with Crippen molar-refractivity contribution in [1.29, 1.82) is 0 Å². The number of alkyl carbamates (subject to hydrolysis) is 1. The van der Waals surface area contributed by atoms with Crippen LogP contribution in [0.4, 0.5) is 4.79 Å². The first-order chi connectivity index (χ1) is 12.8. The molecule has 1 fully saturated rings. The molecular weight excluding hydrogens is 340 g/mol. The Morgan fingerprint density at radius 2 is 1.78 bits per heavy atom. The van der Waals surface area contributed by atoms with E-state index < -0.39 is 17.7 Å². The van der Waals surface area contributed by atoms with Crippen LogP contribution in [-0.2, 0) is 16.0 Å². The topological polar surface area (TPSA) is 67.4 Å². The number of rotatable bonds is 7. The molecule has 0 radical (unpaired) electrons. The van der Waals surface area contributed by atoms with Crippen molar-refractivity contribution in [3.8, 4) is 0 Å². The van der Waals surface area contributed by atoms with Crippen molar-refractivity contribution in [1.82, 2.24) is 10.6 Å². The number of benzene rings is 1. The maximum Gasteiger partial charge on any atom is 0.408 e. The highest BCUT2D eigenvalue weighted by atomic mass is 16.6. The van der Waals surface area contributed by atoms with Gasteiger partial charge in [-0.05, 0) is 45.1 Å². The molecule has 2 amide bonds. The van der Waals surface area contributed by atoms with Gasteiger partial charge in [-0.3, -0.25) is 4.79 Å². The van der Waals surface area contributed by atoms with Crippen LogP contribution in [0.2, 0.25) is 0 Å². The van der Waals surface area contributed by atoms with Crippen LogP contribution < -0.4 is 10.6 Å². The van der Waals surface area contributed by atoms with Crippen molar-refractivity contribution in [3.05, 3.63) is 35.9 Å². The fraction of sp³-hybridized carbons (Fsp3) is 0.636. The Balaban J connectivity index is 1.90. The lowest BCUT2D eigenvalue weighted by Crippen LogP contribution is -2.49. The summed E-state index contributed by atoms with van der Waals surface area (Å²) in [5, 5.41) is 5.78. The van der Waals surface area contributed by atoms with Gasteiger partial charge in [-0.15, -0.1) is 0 Å². The lowest BCUT2D eigenvalue weighted by Gasteiger charge is -2.28. The Morgan fingerprint density at radius 3 is 2.41 bits per heavy atom. The standard InChI is InChI=1S/C22H34N2O3/c1-22(2,3)27-21(26)24-19(16-18-12-8-5-9-13-18)20(25)23-15-14-17-10-6-4-7-11-17/h4,6-7,10-11,18-19H,5,8-9,12-16H2,1-3H3,(H,23,25)(H,24,26)/t19-/m1/s1. The zero-order valence-corrected chi connectivity index (χ0v) is 16.9. The van der Waals surface area contributed by atoms with E-state index in [-0.39, 0.29) is 5.91 Å². The number of carbonyl (C=O) groups is 2. The van der Waals surface area contributed by atoms with Crippen LogP contribution >= 0.6 is 0 Å². The molecule has 2 N–H and O–H groups in total. The number of carbonyl (C=O) groups excluding carboxylic acids is 2. The third-order valence-corrected chi connectivity index (χ3v) is 4.86. The van der Waals surface area contributed by atoms with Crippen LogP contribution in [0, 0.1) is 5.92 Å². The molecule has 27 heavy (non-hydrogen) atoms. The lowest BCUT2D eigenvalue weighted by molar-refractivity contribution is -0.123. The van der Waals surface area contributed by atoms with E-state index in [2.05, 4.69) is 10.6 Å². The molecule has 1 aromatic carbocycles. The average Bonchev–Trinajstić information content (AvgIpc) is 2.61. The van der Waals surface area contributed by atoms with Crippen LogP contribution in [0.3, 0.4) is 0 Å². The third kappa shape index (κ3) is 8.46. The van der Waals surface area contributed by atoms with E-state index in [1.165, 1.54) is 24.8 Å². The fourth-order valence-corrected chi connectivity index (χ4v) is 3.54. The van der Waals surface area contributed by atoms with E-state index in [1.807, 2.05) is 51.1 Å². The Bertz CT molecular complexity index is 589. The van der Waals surface area contributed by atoms with Gasteiger partial charge in [-0.2, -0.15) is 0 Å². The molecule has 1 aliphatic carbocycles. The van der Waals surface area contributed by atoms with Crippen LogP contribution in [0.15, 0.2) is 30.3 Å². The van der Waals surface area contributed by atoms with Gasteiger partial charge in [-0.1, -0.05) is 62.4 Å². The van der Waals surface area contributed by atoms with Crippen molar-refractivity contribution in [2.45, 2.75) is 77.4 Å². The Labute approximate surface area is 163 Å². The second-order valence-corrected chi connectivity index (χ2v) is 8.47. The molecular formula is C22H34N2O3. The molecule has 0 aliphatic heterocycles. The van der Waals surface area contributed by atoms with Crippen molar-refractivity contribution in [3.63, 3.8) is 0 Å². The van der Waals surface area contributed by atoms with Gasteiger partial charge in [0.05, 0.1) is 0 Å². The second-order valence-electron chi connectivity index (χ2n) is 8.47. The zero-order valence-electron chi connectivity index (χ0n) is 16.9. The summed E-state index contributed by atoms with van der Waals surface area (Å²) in [7, 11) is 0. The number of nitrogens with one attached hydrogen (secondary N) is 2. The molecule has 2 rings (SSSR count). The quantitative estimate of drug-likeness (QED) is 0.751. The number of hydrogen-bond acceptors (Lipinski definition) is 3. The molecule has 0 saturated heterocycles. The molecule has 0 unspecified atom stereocenters. The Morgan fingerprint density at radius 1 is 1.11 bits per heavy atom. The van der Waals surface area contributed by atoms with Crippen molar-refractivity contribution >= 4 is 12.0 Å². The van der Waals surface area contributed by atoms with Gasteiger partial charge in [0.15, 0.2) is 0 Å². The van der Waals surface area contributed by atoms with Gasteiger partial charge in [0.1, 0.15) is 11.6 Å². The second kappa shape index (κ2) is 10.3. The molecule has 150 valence electrons. The van der Waals surface area contributed by atoms with Crippen LogP contribution in [0.25, 0.3) is 0 Å². The van der Waals surface area contributed by atoms with Crippen LogP contribution in [0.1, 0.15) is 64.9 Å². The molecule has 1 aromatic rings. The maximum absolute atomic E-state index is 12.7. The minimum absolute atomic E-state index is 0.123. The number of ether oxygens (including phenoxy) is 1. The smallest absolute Gasteiger partial charge is 0.408 e. The van der Waals surface area contributed by atoms with E-state index >= 15 is 0 Å². The van der Waals surface area contributed by atoms with Crippen LogP contribution in [-0.4, -0.2) is 30.2 Å². The third-order valence-electron chi connectivity index (χ3n) is 4.86. The monoisotopic (exact) mass is 374 g/mol. The normalized spacial score (nSPS) is 16.4. The summed E-state index contributed by atoms with van der Waals surface area (Å²) in [6, 6.07) is 9.52. The molecule has 1 aliphatic rings. The summed E-state index contributed by atoms with van der Waals surface area (Å²) in [6.45, 7) is 6.02. The highest BCUT2D eigenvalue weighted by molar-refractivity contribution is 5.85. The first-order valence-corrected chi connectivity index (χ1v) is 10.1. The van der Waals surface area contributed by atoms with Gasteiger partial charge in [0.2, 0.25) is 5.91 Å². The predicted octanol–water partition coefficient (Wildman–Crippen LogP) is 4.21. The predicted molar refractivity (Wildman–Crippen MR) is 108 cm³/mol. The number of amides is 2. The zero-order chi connectivity index (χ0) is 19.7. The highest BCUT2D eigenvalue weighted by Crippen LogP contribution is 2.27. The Kier molecular flexibility index (Phi) is 8.14. The summed E-state index contributed by atoms with van der Waals surface area (Å²) in [4.78, 5) is 24.9. The molecule has 0 bridgehead atoms. The van der Waals surface area contributed by atoms with E-state index in [1.54, 1.807) is 0 Å². The first-order valence-electron chi connectivity index (χ1n) is 10.1. The lowest BCUT2D eigenvalue weighted by atomic mass is 9.84.